The number of rotatable bonds is 4. The third kappa shape index (κ3) is 3.25. The molecule has 1 saturated carbocycles. The lowest BCUT2D eigenvalue weighted by Gasteiger charge is -2.04. The topological polar surface area (TPSA) is 85.9 Å². The van der Waals surface area contributed by atoms with Crippen molar-refractivity contribution >= 4 is 21.4 Å². The van der Waals surface area contributed by atoms with Crippen molar-refractivity contribution in [2.45, 2.75) is 37.5 Å². The largest absolute Gasteiger partial charge is 0.238 e. The van der Waals surface area contributed by atoms with Gasteiger partial charge in [0.2, 0.25) is 10.0 Å². The number of aromatic nitrogens is 2. The standard InChI is InChI=1S/C20H20FN3O2S2/c1-11-4-9-14(15(21)10-11)18-23-24-19(27-18)17-16(20(17,2)3)12-5-7-13(8-6-12)28(22,25)26/h4-10,16-17H,1-3H3,(H2,22,25,26)/t16-,17+/m1/s1. The van der Waals surface area contributed by atoms with Crippen LogP contribution in [0.3, 0.4) is 0 Å². The molecule has 1 aliphatic rings. The molecule has 8 heteroatoms. The highest BCUT2D eigenvalue weighted by molar-refractivity contribution is 7.89. The molecule has 28 heavy (non-hydrogen) atoms. The Bertz CT molecular complexity index is 1150. The number of primary sulfonamides is 1. The van der Waals surface area contributed by atoms with Crippen LogP contribution in [0.15, 0.2) is 47.4 Å². The highest BCUT2D eigenvalue weighted by Gasteiger charge is 2.60. The summed E-state index contributed by atoms with van der Waals surface area (Å²) in [5.41, 5.74) is 2.30. The number of benzene rings is 2. The van der Waals surface area contributed by atoms with Crippen LogP contribution < -0.4 is 5.14 Å². The zero-order chi connectivity index (χ0) is 20.3. The van der Waals surface area contributed by atoms with Gasteiger partial charge in [0.05, 0.1) is 4.90 Å². The lowest BCUT2D eigenvalue weighted by Crippen LogP contribution is -2.11. The minimum absolute atomic E-state index is 0.0499. The zero-order valence-corrected chi connectivity index (χ0v) is 17.3. The van der Waals surface area contributed by atoms with E-state index in [-0.39, 0.29) is 28.0 Å². The minimum atomic E-state index is -3.71. The Morgan fingerprint density at radius 1 is 1.07 bits per heavy atom. The first-order valence-electron chi connectivity index (χ1n) is 8.82. The van der Waals surface area contributed by atoms with Gasteiger partial charge in [-0.25, -0.2) is 17.9 Å². The van der Waals surface area contributed by atoms with E-state index in [0.29, 0.717) is 10.6 Å². The fourth-order valence-electron chi connectivity index (χ4n) is 3.85. The number of halogens is 1. The van der Waals surface area contributed by atoms with E-state index in [1.165, 1.54) is 29.5 Å². The molecule has 0 radical (unpaired) electrons. The maximum atomic E-state index is 14.3. The number of aryl methyl sites for hydroxylation is 1. The predicted molar refractivity (Wildman–Crippen MR) is 107 cm³/mol. The summed E-state index contributed by atoms with van der Waals surface area (Å²) in [5, 5.41) is 15.1. The predicted octanol–water partition coefficient (Wildman–Crippen LogP) is 4.21. The first-order valence-corrected chi connectivity index (χ1v) is 11.2. The van der Waals surface area contributed by atoms with Gasteiger partial charge in [0, 0.05) is 11.5 Å². The van der Waals surface area contributed by atoms with Crippen LogP contribution in [0.2, 0.25) is 0 Å². The Labute approximate surface area is 167 Å². The number of sulfonamides is 1. The summed E-state index contributed by atoms with van der Waals surface area (Å²) in [6.07, 6.45) is 0. The summed E-state index contributed by atoms with van der Waals surface area (Å²) < 4.78 is 37.2. The van der Waals surface area contributed by atoms with E-state index >= 15 is 0 Å². The Morgan fingerprint density at radius 2 is 1.75 bits per heavy atom. The molecule has 4 rings (SSSR count). The van der Waals surface area contributed by atoms with Gasteiger partial charge in [-0.05, 0) is 53.6 Å². The molecule has 1 aromatic heterocycles. The van der Waals surface area contributed by atoms with Crippen LogP contribution >= 0.6 is 11.3 Å². The highest BCUT2D eigenvalue weighted by atomic mass is 32.2. The lowest BCUT2D eigenvalue weighted by molar-refractivity contribution is 0.597. The Kier molecular flexibility index (Phi) is 4.41. The average Bonchev–Trinajstić information content (AvgIpc) is 2.95. The fourth-order valence-corrected chi connectivity index (χ4v) is 5.57. The van der Waals surface area contributed by atoms with Crippen LogP contribution in [0.1, 0.15) is 41.8 Å². The van der Waals surface area contributed by atoms with Crippen LogP contribution in [0, 0.1) is 18.2 Å². The summed E-state index contributed by atoms with van der Waals surface area (Å²) in [7, 11) is -3.71. The average molecular weight is 418 g/mol. The third-order valence-electron chi connectivity index (χ3n) is 5.46. The lowest BCUT2D eigenvalue weighted by atomic mass is 10.0. The van der Waals surface area contributed by atoms with Crippen LogP contribution in [0.4, 0.5) is 4.39 Å². The van der Waals surface area contributed by atoms with E-state index in [4.69, 9.17) is 5.14 Å². The number of nitrogens with two attached hydrogens (primary N) is 1. The Morgan fingerprint density at radius 3 is 2.36 bits per heavy atom. The fraction of sp³-hybridized carbons (Fsp3) is 0.300. The number of nitrogens with zero attached hydrogens (tertiary/aromatic N) is 2. The number of hydrogen-bond donors (Lipinski definition) is 1. The van der Waals surface area contributed by atoms with E-state index in [1.54, 1.807) is 18.2 Å². The van der Waals surface area contributed by atoms with Gasteiger partial charge in [-0.15, -0.1) is 10.2 Å². The maximum Gasteiger partial charge on any atom is 0.238 e. The van der Waals surface area contributed by atoms with E-state index < -0.39 is 10.0 Å². The SMILES string of the molecule is Cc1ccc(-c2nnc([C@@H]3[C@@H](c4ccc(S(N)(=O)=O)cc4)C3(C)C)s2)c(F)c1. The van der Waals surface area contributed by atoms with Crippen LogP contribution in [0.5, 0.6) is 0 Å². The van der Waals surface area contributed by atoms with Gasteiger partial charge in [0.25, 0.3) is 0 Å². The molecule has 2 aromatic carbocycles. The van der Waals surface area contributed by atoms with Crippen molar-refractivity contribution in [1.29, 1.82) is 0 Å². The van der Waals surface area contributed by atoms with Crippen molar-refractivity contribution in [2.24, 2.45) is 10.6 Å². The van der Waals surface area contributed by atoms with E-state index in [1.807, 2.05) is 13.0 Å². The smallest absolute Gasteiger partial charge is 0.225 e. The minimum Gasteiger partial charge on any atom is -0.225 e. The molecule has 0 aliphatic heterocycles. The molecule has 0 amide bonds. The second-order valence-corrected chi connectivity index (χ2v) is 10.4. The van der Waals surface area contributed by atoms with Crippen molar-refractivity contribution in [3.05, 3.63) is 64.4 Å². The molecule has 1 fully saturated rings. The van der Waals surface area contributed by atoms with Gasteiger partial charge in [-0.3, -0.25) is 0 Å². The second-order valence-electron chi connectivity index (χ2n) is 7.82. The Hall–Kier alpha value is -2.16. The summed E-state index contributed by atoms with van der Waals surface area (Å²) >= 11 is 1.41. The van der Waals surface area contributed by atoms with Gasteiger partial charge in [-0.1, -0.05) is 43.4 Å². The molecular formula is C20H20FN3O2S2. The summed E-state index contributed by atoms with van der Waals surface area (Å²) in [5.74, 6) is 0.0335. The molecule has 2 atom stereocenters. The van der Waals surface area contributed by atoms with E-state index in [0.717, 1.165) is 16.1 Å². The molecule has 0 unspecified atom stereocenters. The summed E-state index contributed by atoms with van der Waals surface area (Å²) in [4.78, 5) is 0.0966. The molecule has 5 nitrogen and oxygen atoms in total. The molecule has 0 saturated heterocycles. The number of hydrogen-bond acceptors (Lipinski definition) is 5. The quantitative estimate of drug-likeness (QED) is 0.689. The van der Waals surface area contributed by atoms with Crippen molar-refractivity contribution in [3.8, 4) is 10.6 Å². The van der Waals surface area contributed by atoms with Crippen molar-refractivity contribution in [2.75, 3.05) is 0 Å². The van der Waals surface area contributed by atoms with Crippen LogP contribution in [-0.2, 0) is 10.0 Å². The molecule has 0 spiro atoms. The van der Waals surface area contributed by atoms with Gasteiger partial charge < -0.3 is 0 Å². The first-order chi connectivity index (χ1) is 13.1. The van der Waals surface area contributed by atoms with Crippen molar-refractivity contribution in [1.82, 2.24) is 10.2 Å². The summed E-state index contributed by atoms with van der Waals surface area (Å²) in [6, 6.07) is 11.7. The molecule has 0 bridgehead atoms. The molecular weight excluding hydrogens is 397 g/mol. The van der Waals surface area contributed by atoms with E-state index in [2.05, 4.69) is 24.0 Å². The maximum absolute atomic E-state index is 14.3. The molecule has 2 N–H and O–H groups in total. The normalized spacial score (nSPS) is 20.9. The molecule has 146 valence electrons. The highest BCUT2D eigenvalue weighted by Crippen LogP contribution is 2.70. The van der Waals surface area contributed by atoms with Gasteiger partial charge in [0.1, 0.15) is 10.8 Å². The monoisotopic (exact) mass is 417 g/mol. The van der Waals surface area contributed by atoms with Crippen molar-refractivity contribution in [3.63, 3.8) is 0 Å². The van der Waals surface area contributed by atoms with Gasteiger partial charge in [0.15, 0.2) is 5.01 Å². The summed E-state index contributed by atoms with van der Waals surface area (Å²) in [6.45, 7) is 6.13. The van der Waals surface area contributed by atoms with Crippen LogP contribution in [-0.4, -0.2) is 18.6 Å². The van der Waals surface area contributed by atoms with Gasteiger partial charge in [-0.2, -0.15) is 0 Å². The third-order valence-corrected chi connectivity index (χ3v) is 7.43. The molecule has 3 aromatic rings. The zero-order valence-electron chi connectivity index (χ0n) is 15.7. The Balaban J connectivity index is 1.63. The van der Waals surface area contributed by atoms with Gasteiger partial charge >= 0.3 is 0 Å². The first kappa shape index (κ1) is 19.2. The molecule has 1 heterocycles. The van der Waals surface area contributed by atoms with Crippen LogP contribution in [0.25, 0.3) is 10.6 Å². The van der Waals surface area contributed by atoms with Crippen molar-refractivity contribution < 1.29 is 12.8 Å². The van der Waals surface area contributed by atoms with E-state index in [9.17, 15) is 12.8 Å². The molecule has 1 aliphatic carbocycles. The second kappa shape index (κ2) is 6.43.